The molecule has 6 nitrogen and oxygen atoms in total. The summed E-state index contributed by atoms with van der Waals surface area (Å²) in [6, 6.07) is 13.1. The van der Waals surface area contributed by atoms with Crippen LogP contribution < -0.4 is 4.74 Å². The molecule has 0 saturated carbocycles. The Bertz CT molecular complexity index is 949. The lowest BCUT2D eigenvalue weighted by atomic mass is 9.70. The summed E-state index contributed by atoms with van der Waals surface area (Å²) >= 11 is 0. The van der Waals surface area contributed by atoms with Crippen molar-refractivity contribution in [3.63, 3.8) is 0 Å². The molecule has 1 N–H and O–H groups in total. The van der Waals surface area contributed by atoms with E-state index >= 15 is 0 Å². The lowest BCUT2D eigenvalue weighted by Crippen LogP contribution is -2.57. The highest BCUT2D eigenvalue weighted by atomic mass is 16.5. The Hall–Kier alpha value is -2.57. The number of phenolic OH excluding ortho intramolecular Hbond substituents is 1. The highest BCUT2D eigenvalue weighted by molar-refractivity contribution is 5.94. The minimum Gasteiger partial charge on any atom is -0.504 e. The van der Waals surface area contributed by atoms with Crippen LogP contribution in [0.2, 0.25) is 0 Å². The summed E-state index contributed by atoms with van der Waals surface area (Å²) in [5.41, 5.74) is 2.29. The number of phenols is 1. The first-order valence-corrected chi connectivity index (χ1v) is 11.1. The van der Waals surface area contributed by atoms with Gasteiger partial charge in [0.1, 0.15) is 5.60 Å². The number of nitrogens with zero attached hydrogens (tertiary/aromatic N) is 1. The third-order valence-electron chi connectivity index (χ3n) is 7.04. The number of likely N-dealkylation sites (tertiary alicyclic amines) is 1. The van der Waals surface area contributed by atoms with Gasteiger partial charge in [0, 0.05) is 56.7 Å². The summed E-state index contributed by atoms with van der Waals surface area (Å²) in [4.78, 5) is 15.0. The van der Waals surface area contributed by atoms with Gasteiger partial charge in [-0.05, 0) is 36.6 Å². The van der Waals surface area contributed by atoms with E-state index in [2.05, 4.69) is 0 Å². The fraction of sp³-hybridized carbons (Fsp3) is 0.480. The molecule has 1 spiro atoms. The molecule has 0 bridgehead atoms. The van der Waals surface area contributed by atoms with Gasteiger partial charge in [-0.2, -0.15) is 0 Å². The van der Waals surface area contributed by atoms with E-state index in [9.17, 15) is 9.90 Å². The lowest BCUT2D eigenvalue weighted by Gasteiger charge is -2.53. The molecule has 3 heterocycles. The summed E-state index contributed by atoms with van der Waals surface area (Å²) in [7, 11) is 1.66. The topological polar surface area (TPSA) is 68.2 Å². The average Bonchev–Trinajstić information content (AvgIpc) is 2.81. The Labute approximate surface area is 182 Å². The number of methoxy groups -OCH3 is 1. The van der Waals surface area contributed by atoms with Crippen molar-refractivity contribution in [2.24, 2.45) is 5.92 Å². The van der Waals surface area contributed by atoms with E-state index in [1.807, 2.05) is 41.3 Å². The van der Waals surface area contributed by atoms with Crippen LogP contribution in [-0.2, 0) is 16.1 Å². The summed E-state index contributed by atoms with van der Waals surface area (Å²) in [6.45, 7) is 2.53. The van der Waals surface area contributed by atoms with Gasteiger partial charge in [-0.3, -0.25) is 4.79 Å². The second-order valence-corrected chi connectivity index (χ2v) is 8.82. The molecule has 2 aromatic rings. The highest BCUT2D eigenvalue weighted by Gasteiger charge is 2.53. The maximum Gasteiger partial charge on any atom is 0.253 e. The smallest absolute Gasteiger partial charge is 0.253 e. The number of ether oxygens (including phenoxy) is 3. The number of para-hydroxylation sites is 1. The SMILES string of the molecule is COCc1ccc(C(=O)N2CCC3(CC2)Oc2c(O)cccc2[C@H]2OCCC[C@@H]23)cc1. The number of hydrogen-bond acceptors (Lipinski definition) is 5. The molecule has 5 rings (SSSR count). The van der Waals surface area contributed by atoms with Crippen molar-refractivity contribution in [1.82, 2.24) is 4.90 Å². The Morgan fingerprint density at radius 3 is 2.71 bits per heavy atom. The molecular weight excluding hydrogens is 394 g/mol. The Balaban J connectivity index is 1.35. The predicted molar refractivity (Wildman–Crippen MR) is 115 cm³/mol. The third kappa shape index (κ3) is 3.58. The van der Waals surface area contributed by atoms with Crippen LogP contribution in [-0.4, -0.2) is 48.3 Å². The summed E-state index contributed by atoms with van der Waals surface area (Å²) in [5, 5.41) is 10.5. The molecule has 0 aromatic heterocycles. The molecule has 0 unspecified atom stereocenters. The first-order chi connectivity index (χ1) is 15.1. The maximum absolute atomic E-state index is 13.1. The van der Waals surface area contributed by atoms with Crippen LogP contribution in [0, 0.1) is 5.92 Å². The molecule has 164 valence electrons. The average molecular weight is 424 g/mol. The monoisotopic (exact) mass is 423 g/mol. The molecular formula is C25H29NO5. The zero-order valence-electron chi connectivity index (χ0n) is 17.9. The van der Waals surface area contributed by atoms with Crippen LogP contribution in [0.1, 0.15) is 53.3 Å². The van der Waals surface area contributed by atoms with Crippen molar-refractivity contribution in [3.8, 4) is 11.5 Å². The van der Waals surface area contributed by atoms with E-state index in [0.717, 1.165) is 43.4 Å². The van der Waals surface area contributed by atoms with Gasteiger partial charge in [-0.15, -0.1) is 0 Å². The van der Waals surface area contributed by atoms with Crippen molar-refractivity contribution < 1.29 is 24.1 Å². The molecule has 6 heteroatoms. The zero-order valence-corrected chi connectivity index (χ0v) is 17.9. The number of amides is 1. The van der Waals surface area contributed by atoms with E-state index in [-0.39, 0.29) is 23.7 Å². The molecule has 2 aromatic carbocycles. The summed E-state index contributed by atoms with van der Waals surface area (Å²) in [5.74, 6) is 1.01. The highest BCUT2D eigenvalue weighted by Crippen LogP contribution is 2.55. The first-order valence-electron chi connectivity index (χ1n) is 11.1. The minimum absolute atomic E-state index is 0.0503. The van der Waals surface area contributed by atoms with Crippen molar-refractivity contribution in [2.45, 2.75) is 44.0 Å². The minimum atomic E-state index is -0.407. The fourth-order valence-corrected chi connectivity index (χ4v) is 5.44. The number of aromatic hydroxyl groups is 1. The number of hydrogen-bond donors (Lipinski definition) is 1. The number of carbonyl (C=O) groups is 1. The Morgan fingerprint density at radius 2 is 1.97 bits per heavy atom. The molecule has 3 aliphatic heterocycles. The predicted octanol–water partition coefficient (Wildman–Crippen LogP) is 4.07. The first kappa shape index (κ1) is 20.3. The standard InChI is InChI=1S/C25H29NO5/c1-29-16-17-7-9-18(10-8-17)24(28)26-13-11-25(12-14-26)20-5-3-15-30-22(20)19-4-2-6-21(27)23(19)31-25/h2,4,6-10,20,22,27H,3,5,11-16H2,1H3/t20-,22+/m0/s1. The number of carbonyl (C=O) groups excluding carboxylic acids is 1. The van der Waals surface area contributed by atoms with Gasteiger partial charge in [0.2, 0.25) is 0 Å². The quantitative estimate of drug-likeness (QED) is 0.806. The summed E-state index contributed by atoms with van der Waals surface area (Å²) < 4.78 is 17.9. The molecule has 2 atom stereocenters. The van der Waals surface area contributed by atoms with Gasteiger partial charge in [0.25, 0.3) is 5.91 Å². The Kier molecular flexibility index (Phi) is 5.36. The van der Waals surface area contributed by atoms with Crippen molar-refractivity contribution in [1.29, 1.82) is 0 Å². The normalized spacial score (nSPS) is 24.2. The Morgan fingerprint density at radius 1 is 1.19 bits per heavy atom. The molecule has 3 aliphatic rings. The number of rotatable bonds is 3. The number of benzene rings is 2. The van der Waals surface area contributed by atoms with E-state index in [4.69, 9.17) is 14.2 Å². The molecule has 31 heavy (non-hydrogen) atoms. The van der Waals surface area contributed by atoms with E-state index in [1.54, 1.807) is 13.2 Å². The molecule has 0 radical (unpaired) electrons. The van der Waals surface area contributed by atoms with Gasteiger partial charge in [0.15, 0.2) is 11.5 Å². The maximum atomic E-state index is 13.1. The van der Waals surface area contributed by atoms with E-state index in [0.29, 0.717) is 31.0 Å². The third-order valence-corrected chi connectivity index (χ3v) is 7.04. The van der Waals surface area contributed by atoms with Gasteiger partial charge in [0.05, 0.1) is 12.7 Å². The molecule has 2 fully saturated rings. The zero-order chi connectivity index (χ0) is 21.4. The van der Waals surface area contributed by atoms with Crippen LogP contribution in [0.15, 0.2) is 42.5 Å². The number of fused-ring (bicyclic) bond motifs is 4. The lowest BCUT2D eigenvalue weighted by molar-refractivity contribution is -0.147. The molecule has 1 amide bonds. The molecule has 2 saturated heterocycles. The van der Waals surface area contributed by atoms with Crippen molar-refractivity contribution in [2.75, 3.05) is 26.8 Å². The second-order valence-electron chi connectivity index (χ2n) is 8.82. The second kappa shape index (κ2) is 8.17. The largest absolute Gasteiger partial charge is 0.504 e. The van der Waals surface area contributed by atoms with Crippen LogP contribution >= 0.6 is 0 Å². The number of piperidine rings is 1. The van der Waals surface area contributed by atoms with E-state index < -0.39 is 5.60 Å². The van der Waals surface area contributed by atoms with Crippen LogP contribution in [0.3, 0.4) is 0 Å². The summed E-state index contributed by atoms with van der Waals surface area (Å²) in [6.07, 6.45) is 3.46. The van der Waals surface area contributed by atoms with Crippen LogP contribution in [0.4, 0.5) is 0 Å². The van der Waals surface area contributed by atoms with Gasteiger partial charge in [-0.1, -0.05) is 24.3 Å². The van der Waals surface area contributed by atoms with Crippen molar-refractivity contribution >= 4 is 5.91 Å². The van der Waals surface area contributed by atoms with E-state index in [1.165, 1.54) is 0 Å². The van der Waals surface area contributed by atoms with Crippen LogP contribution in [0.25, 0.3) is 0 Å². The van der Waals surface area contributed by atoms with Crippen molar-refractivity contribution in [3.05, 3.63) is 59.2 Å². The van der Waals surface area contributed by atoms with Crippen LogP contribution in [0.5, 0.6) is 11.5 Å². The van der Waals surface area contributed by atoms with Gasteiger partial charge in [-0.25, -0.2) is 0 Å². The fourth-order valence-electron chi connectivity index (χ4n) is 5.44. The van der Waals surface area contributed by atoms with Gasteiger partial charge >= 0.3 is 0 Å². The molecule has 0 aliphatic carbocycles. The van der Waals surface area contributed by atoms with Gasteiger partial charge < -0.3 is 24.2 Å².